The molecule has 0 heterocycles. The fourth-order valence-corrected chi connectivity index (χ4v) is 12.6. The first kappa shape index (κ1) is 28.9. The van der Waals surface area contributed by atoms with Crippen molar-refractivity contribution in [1.29, 1.82) is 0 Å². The second kappa shape index (κ2) is 10.4. The van der Waals surface area contributed by atoms with Crippen molar-refractivity contribution >= 4 is 5.97 Å². The van der Waals surface area contributed by atoms with E-state index in [0.29, 0.717) is 17.4 Å². The molecule has 3 nitrogen and oxygen atoms in total. The summed E-state index contributed by atoms with van der Waals surface area (Å²) in [5, 5.41) is 0. The highest BCUT2D eigenvalue weighted by Crippen LogP contribution is 2.72. The third-order valence-corrected chi connectivity index (χ3v) is 14.5. The van der Waals surface area contributed by atoms with Crippen molar-refractivity contribution in [3.63, 3.8) is 0 Å². The lowest BCUT2D eigenvalue weighted by Gasteiger charge is -2.68. The second-order valence-corrected chi connectivity index (χ2v) is 16.6. The molecule has 42 heavy (non-hydrogen) atoms. The number of ether oxygens (including phenoxy) is 1. The first-order chi connectivity index (χ1) is 20.1. The summed E-state index contributed by atoms with van der Waals surface area (Å²) in [5.41, 5.74) is 12.4. The third-order valence-electron chi connectivity index (χ3n) is 14.5. The number of allylic oxidation sites excluding steroid dienone is 4. The number of nitrogens with two attached hydrogens (primary N) is 1. The van der Waals surface area contributed by atoms with Gasteiger partial charge in [-0.3, -0.25) is 4.79 Å². The zero-order chi connectivity index (χ0) is 29.3. The van der Waals surface area contributed by atoms with Gasteiger partial charge in [0.25, 0.3) is 0 Å². The first-order valence-electron chi connectivity index (χ1n) is 17.5. The number of rotatable bonds is 4. The Kier molecular flexibility index (Phi) is 7.12. The standard InChI is InChI=1S/C39H55NO2/c1-36(2)30(27-12-14-28(15-13-27)35(41)42-25-26-9-6-5-7-10-26)18-22-38(4)33(36)20-23-37(3)31-19-24-39(40)21-8-11-32(39)29(31)16-17-34(37)38/h5-7,9-10,12,18,28-29,31-34H,8,11,13-17,19-25,40H2,1-4H3/t28-,29?,31?,32-,33?,34?,37?,38?,39?/m1/s1. The van der Waals surface area contributed by atoms with Crippen LogP contribution in [0.15, 0.2) is 53.6 Å². The van der Waals surface area contributed by atoms with Crippen LogP contribution in [-0.2, 0) is 16.1 Å². The molecule has 0 aliphatic heterocycles. The Morgan fingerprint density at radius 3 is 2.43 bits per heavy atom. The molecule has 7 unspecified atom stereocenters. The predicted molar refractivity (Wildman–Crippen MR) is 170 cm³/mol. The van der Waals surface area contributed by atoms with Gasteiger partial charge in [-0.2, -0.15) is 0 Å². The number of hydrogen-bond acceptors (Lipinski definition) is 3. The van der Waals surface area contributed by atoms with Crippen LogP contribution < -0.4 is 5.73 Å². The molecule has 1 aromatic carbocycles. The molecular weight excluding hydrogens is 514 g/mol. The molecule has 0 radical (unpaired) electrons. The van der Waals surface area contributed by atoms with Gasteiger partial charge in [0, 0.05) is 5.54 Å². The molecule has 3 heteroatoms. The molecule has 0 aromatic heterocycles. The van der Waals surface area contributed by atoms with Crippen LogP contribution in [0.4, 0.5) is 0 Å². The molecule has 9 atom stereocenters. The van der Waals surface area contributed by atoms with Crippen molar-refractivity contribution in [2.75, 3.05) is 0 Å². The molecule has 228 valence electrons. The van der Waals surface area contributed by atoms with Gasteiger partial charge >= 0.3 is 5.97 Å². The highest BCUT2D eigenvalue weighted by molar-refractivity contribution is 5.73. The molecule has 6 aliphatic rings. The van der Waals surface area contributed by atoms with Crippen LogP contribution in [0.25, 0.3) is 0 Å². The van der Waals surface area contributed by atoms with E-state index < -0.39 is 0 Å². The normalized spacial score (nSPS) is 44.0. The molecule has 4 saturated carbocycles. The molecule has 7 rings (SSSR count). The van der Waals surface area contributed by atoms with E-state index in [2.05, 4.69) is 39.8 Å². The number of carbonyl (C=O) groups excluding carboxylic acids is 1. The Hall–Kier alpha value is -1.87. The van der Waals surface area contributed by atoms with E-state index in [4.69, 9.17) is 10.5 Å². The van der Waals surface area contributed by atoms with E-state index in [9.17, 15) is 4.79 Å². The Labute approximate surface area is 255 Å². The number of carbonyl (C=O) groups is 1. The van der Waals surface area contributed by atoms with Crippen LogP contribution in [0.3, 0.4) is 0 Å². The maximum atomic E-state index is 12.9. The van der Waals surface area contributed by atoms with E-state index in [1.165, 1.54) is 69.8 Å². The Balaban J connectivity index is 1.07. The van der Waals surface area contributed by atoms with Crippen molar-refractivity contribution in [3.8, 4) is 0 Å². The second-order valence-electron chi connectivity index (χ2n) is 16.6. The van der Waals surface area contributed by atoms with Crippen molar-refractivity contribution in [3.05, 3.63) is 59.2 Å². The van der Waals surface area contributed by atoms with E-state index in [1.54, 1.807) is 5.57 Å². The Morgan fingerprint density at radius 2 is 1.67 bits per heavy atom. The molecule has 6 aliphatic carbocycles. The van der Waals surface area contributed by atoms with Crippen molar-refractivity contribution in [2.24, 2.45) is 57.5 Å². The third kappa shape index (κ3) is 4.41. The summed E-state index contributed by atoms with van der Waals surface area (Å²) in [6, 6.07) is 10.0. The van der Waals surface area contributed by atoms with Crippen LogP contribution in [0.5, 0.6) is 0 Å². The molecule has 0 bridgehead atoms. The van der Waals surface area contributed by atoms with Crippen LogP contribution in [-0.4, -0.2) is 11.5 Å². The molecule has 1 aromatic rings. The van der Waals surface area contributed by atoms with Gasteiger partial charge in [0.2, 0.25) is 0 Å². The predicted octanol–water partition coefficient (Wildman–Crippen LogP) is 9.17. The van der Waals surface area contributed by atoms with Gasteiger partial charge in [-0.1, -0.05) is 76.6 Å². The fourth-order valence-electron chi connectivity index (χ4n) is 12.6. The van der Waals surface area contributed by atoms with Crippen LogP contribution >= 0.6 is 0 Å². The quantitative estimate of drug-likeness (QED) is 0.368. The van der Waals surface area contributed by atoms with Gasteiger partial charge in [0.15, 0.2) is 0 Å². The van der Waals surface area contributed by atoms with Crippen LogP contribution in [0, 0.1) is 51.8 Å². The summed E-state index contributed by atoms with van der Waals surface area (Å²) in [6.45, 7) is 10.9. The number of esters is 1. The van der Waals surface area contributed by atoms with E-state index in [1.807, 2.05) is 30.3 Å². The first-order valence-corrected chi connectivity index (χ1v) is 17.5. The molecule has 4 fully saturated rings. The van der Waals surface area contributed by atoms with Crippen molar-refractivity contribution in [2.45, 2.75) is 123 Å². The highest BCUT2D eigenvalue weighted by atomic mass is 16.5. The average Bonchev–Trinajstić information content (AvgIpc) is 3.38. The summed E-state index contributed by atoms with van der Waals surface area (Å²) >= 11 is 0. The fraction of sp³-hybridized carbons (Fsp3) is 0.718. The summed E-state index contributed by atoms with van der Waals surface area (Å²) < 4.78 is 5.71. The minimum atomic E-state index is -0.0343. The van der Waals surface area contributed by atoms with Gasteiger partial charge < -0.3 is 10.5 Å². The molecular formula is C39H55NO2. The van der Waals surface area contributed by atoms with E-state index >= 15 is 0 Å². The SMILES string of the molecule is CC1(C)C(C2=CC[C@@H](C(=O)OCc3ccccc3)CC2)=CCC2(C)C1CCC1(C)C3CCC4(N)CCC[C@@H]4C3CCC12. The summed E-state index contributed by atoms with van der Waals surface area (Å²) in [6.07, 6.45) is 21.2. The number of fused-ring (bicyclic) bond motifs is 7. The monoisotopic (exact) mass is 569 g/mol. The minimum Gasteiger partial charge on any atom is -0.461 e. The van der Waals surface area contributed by atoms with Gasteiger partial charge in [0.1, 0.15) is 6.61 Å². The molecule has 2 N–H and O–H groups in total. The maximum absolute atomic E-state index is 12.9. The van der Waals surface area contributed by atoms with Gasteiger partial charge in [-0.15, -0.1) is 0 Å². The van der Waals surface area contributed by atoms with Gasteiger partial charge in [-0.25, -0.2) is 0 Å². The van der Waals surface area contributed by atoms with Gasteiger partial charge in [0.05, 0.1) is 5.92 Å². The number of hydrogen-bond donors (Lipinski definition) is 1. The Bertz CT molecular complexity index is 1260. The van der Waals surface area contributed by atoms with Gasteiger partial charge in [-0.05, 0) is 140 Å². The maximum Gasteiger partial charge on any atom is 0.309 e. The van der Waals surface area contributed by atoms with E-state index in [0.717, 1.165) is 54.4 Å². The Morgan fingerprint density at radius 1 is 0.857 bits per heavy atom. The van der Waals surface area contributed by atoms with E-state index in [-0.39, 0.29) is 22.8 Å². The average molecular weight is 570 g/mol. The highest BCUT2D eigenvalue weighted by Gasteiger charge is 2.65. The topological polar surface area (TPSA) is 52.3 Å². The lowest BCUT2D eigenvalue weighted by atomic mass is 9.37. The van der Waals surface area contributed by atoms with Crippen LogP contribution in [0.2, 0.25) is 0 Å². The van der Waals surface area contributed by atoms with Crippen molar-refractivity contribution in [1.82, 2.24) is 0 Å². The lowest BCUT2D eigenvalue weighted by Crippen LogP contribution is -2.63. The molecule has 0 spiro atoms. The number of benzene rings is 1. The zero-order valence-corrected chi connectivity index (χ0v) is 26.8. The molecule has 0 amide bonds. The molecule has 0 saturated heterocycles. The summed E-state index contributed by atoms with van der Waals surface area (Å²) in [4.78, 5) is 12.9. The van der Waals surface area contributed by atoms with Crippen LogP contribution in [0.1, 0.15) is 117 Å². The zero-order valence-electron chi connectivity index (χ0n) is 26.8. The smallest absolute Gasteiger partial charge is 0.309 e. The summed E-state index contributed by atoms with van der Waals surface area (Å²) in [5.74, 6) is 4.02. The summed E-state index contributed by atoms with van der Waals surface area (Å²) in [7, 11) is 0. The largest absolute Gasteiger partial charge is 0.461 e. The van der Waals surface area contributed by atoms with Crippen molar-refractivity contribution < 1.29 is 9.53 Å². The lowest BCUT2D eigenvalue weighted by molar-refractivity contribution is -0.173. The minimum absolute atomic E-state index is 0.0109.